The van der Waals surface area contributed by atoms with Crippen LogP contribution >= 0.6 is 0 Å². The minimum Gasteiger partial charge on any atom is -0.598 e. The van der Waals surface area contributed by atoms with E-state index in [4.69, 9.17) is 5.11 Å². The van der Waals surface area contributed by atoms with Gasteiger partial charge in [-0.2, -0.15) is 0 Å². The van der Waals surface area contributed by atoms with Crippen LogP contribution in [0.15, 0.2) is 36.5 Å². The number of aliphatic hydroxyl groups is 1. The number of alkyl halides is 2. The van der Waals surface area contributed by atoms with Crippen LogP contribution in [0.5, 0.6) is 0 Å². The number of aliphatic hydroxyl groups excluding tert-OH is 1. The molecule has 2 atom stereocenters. The predicted octanol–water partition coefficient (Wildman–Crippen LogP) is 3.41. The van der Waals surface area contributed by atoms with Gasteiger partial charge >= 0.3 is 0 Å². The molecule has 1 aromatic carbocycles. The molecule has 1 heterocycles. The molecule has 2 aromatic rings. The van der Waals surface area contributed by atoms with Gasteiger partial charge in [0.2, 0.25) is 0 Å². The Morgan fingerprint density at radius 2 is 1.81 bits per heavy atom. The number of hydrogen-bond donors (Lipinski definition) is 2. The molecule has 1 aromatic heterocycles. The van der Waals surface area contributed by atoms with E-state index in [0.29, 0.717) is 11.6 Å². The van der Waals surface area contributed by atoms with Crippen molar-refractivity contribution < 1.29 is 27.2 Å². The minimum atomic E-state index is -3.19. The SMILES string of the molecule is CC(C)(C)[S+]([O-])NC(c1ccc(F)c(F)c1)(c1ccc(CO)cn1)C(F)F. The van der Waals surface area contributed by atoms with E-state index < -0.39 is 39.7 Å². The Bertz CT molecular complexity index is 784. The van der Waals surface area contributed by atoms with E-state index in [1.165, 1.54) is 18.3 Å². The normalized spacial score (nSPS) is 15.6. The van der Waals surface area contributed by atoms with Crippen molar-refractivity contribution in [2.24, 2.45) is 0 Å². The highest BCUT2D eigenvalue weighted by Gasteiger charge is 2.51. The van der Waals surface area contributed by atoms with Gasteiger partial charge in [-0.1, -0.05) is 12.1 Å². The summed E-state index contributed by atoms with van der Waals surface area (Å²) in [6, 6.07) is 4.97. The van der Waals surface area contributed by atoms with Crippen LogP contribution in [0.4, 0.5) is 17.6 Å². The van der Waals surface area contributed by atoms with Crippen molar-refractivity contribution in [1.82, 2.24) is 9.71 Å². The zero-order chi connectivity index (χ0) is 20.4. The van der Waals surface area contributed by atoms with Gasteiger partial charge in [-0.15, -0.1) is 4.72 Å². The largest absolute Gasteiger partial charge is 0.598 e. The molecule has 0 aliphatic rings. The summed E-state index contributed by atoms with van der Waals surface area (Å²) in [7, 11) is 0. The van der Waals surface area contributed by atoms with Crippen LogP contribution in [0, 0.1) is 11.6 Å². The first-order valence-corrected chi connectivity index (χ1v) is 9.17. The quantitative estimate of drug-likeness (QED) is 0.572. The van der Waals surface area contributed by atoms with Crippen molar-refractivity contribution in [3.8, 4) is 0 Å². The third-order valence-electron chi connectivity index (χ3n) is 3.92. The summed E-state index contributed by atoms with van der Waals surface area (Å²) in [6.07, 6.45) is -2.00. The van der Waals surface area contributed by atoms with Crippen LogP contribution in [0.25, 0.3) is 0 Å². The van der Waals surface area contributed by atoms with Gasteiger partial charge in [-0.3, -0.25) is 4.98 Å². The molecule has 2 unspecified atom stereocenters. The molecule has 0 aliphatic heterocycles. The molecule has 9 heteroatoms. The highest BCUT2D eigenvalue weighted by Crippen LogP contribution is 2.37. The summed E-state index contributed by atoms with van der Waals surface area (Å²) in [5.74, 6) is -2.50. The average Bonchev–Trinajstić information content (AvgIpc) is 2.61. The molecular weight excluding hydrogens is 384 g/mol. The molecule has 27 heavy (non-hydrogen) atoms. The van der Waals surface area contributed by atoms with Crippen molar-refractivity contribution >= 4 is 11.4 Å². The van der Waals surface area contributed by atoms with E-state index in [-0.39, 0.29) is 17.9 Å². The molecule has 0 radical (unpaired) electrons. The van der Waals surface area contributed by atoms with Gasteiger partial charge in [0.15, 0.2) is 17.2 Å². The zero-order valence-corrected chi connectivity index (χ0v) is 15.8. The van der Waals surface area contributed by atoms with E-state index in [1.54, 1.807) is 20.8 Å². The van der Waals surface area contributed by atoms with Gasteiger partial charge in [-0.05, 0) is 50.1 Å². The Morgan fingerprint density at radius 1 is 1.15 bits per heavy atom. The molecule has 2 N–H and O–H groups in total. The van der Waals surface area contributed by atoms with Crippen molar-refractivity contribution in [2.75, 3.05) is 0 Å². The molecule has 0 spiro atoms. The van der Waals surface area contributed by atoms with E-state index >= 15 is 0 Å². The summed E-state index contributed by atoms with van der Waals surface area (Å²) in [4.78, 5) is 3.95. The van der Waals surface area contributed by atoms with E-state index in [0.717, 1.165) is 12.1 Å². The second-order valence-electron chi connectivity index (χ2n) is 6.93. The number of pyridine rings is 1. The average molecular weight is 404 g/mol. The number of benzene rings is 1. The maximum atomic E-state index is 14.4. The number of aromatic nitrogens is 1. The molecular formula is C18H20F4N2O2S. The lowest BCUT2D eigenvalue weighted by molar-refractivity contribution is 0.0617. The topological polar surface area (TPSA) is 68.2 Å². The monoisotopic (exact) mass is 404 g/mol. The fourth-order valence-electron chi connectivity index (χ4n) is 2.33. The van der Waals surface area contributed by atoms with Crippen LogP contribution in [-0.2, 0) is 23.5 Å². The number of nitrogens with one attached hydrogen (secondary N) is 1. The van der Waals surface area contributed by atoms with Crippen LogP contribution < -0.4 is 4.72 Å². The molecule has 148 valence electrons. The molecule has 4 nitrogen and oxygen atoms in total. The summed E-state index contributed by atoms with van der Waals surface area (Å²) < 4.78 is 70.0. The van der Waals surface area contributed by atoms with Gasteiger partial charge in [0.1, 0.15) is 4.75 Å². The smallest absolute Gasteiger partial charge is 0.270 e. The maximum absolute atomic E-state index is 14.4. The van der Waals surface area contributed by atoms with Gasteiger partial charge in [0.05, 0.1) is 12.3 Å². The molecule has 2 rings (SSSR count). The lowest BCUT2D eigenvalue weighted by Gasteiger charge is -2.37. The fraction of sp³-hybridized carbons (Fsp3) is 0.389. The fourth-order valence-corrected chi connectivity index (χ4v) is 3.24. The van der Waals surface area contributed by atoms with Crippen molar-refractivity contribution in [1.29, 1.82) is 0 Å². The zero-order valence-electron chi connectivity index (χ0n) is 15.0. The number of rotatable bonds is 6. The highest BCUT2D eigenvalue weighted by molar-refractivity contribution is 7.90. The Balaban J connectivity index is 2.71. The summed E-state index contributed by atoms with van der Waals surface area (Å²) in [5, 5.41) is 9.13. The maximum Gasteiger partial charge on any atom is 0.270 e. The van der Waals surface area contributed by atoms with Crippen LogP contribution in [0.3, 0.4) is 0 Å². The second-order valence-corrected chi connectivity index (χ2v) is 8.90. The standard InChI is InChI=1S/C18H20F4N2O2S/c1-17(2,3)27(26)24-18(16(21)22,12-5-6-13(19)14(20)8-12)15-7-4-11(10-25)9-23-15/h4-9,16,24-25H,10H2,1-3H3. The lowest BCUT2D eigenvalue weighted by atomic mass is 9.87. The Morgan fingerprint density at radius 3 is 2.26 bits per heavy atom. The third-order valence-corrected chi connectivity index (χ3v) is 5.54. The Labute approximate surface area is 157 Å². The Hall–Kier alpha value is -1.68. The summed E-state index contributed by atoms with van der Waals surface area (Å²) in [6.45, 7) is 4.40. The lowest BCUT2D eigenvalue weighted by Crippen LogP contribution is -2.56. The molecule has 0 aliphatic carbocycles. The third kappa shape index (κ3) is 4.43. The second kappa shape index (κ2) is 8.14. The summed E-state index contributed by atoms with van der Waals surface area (Å²) >= 11 is -1.98. The minimum absolute atomic E-state index is 0.238. The van der Waals surface area contributed by atoms with Gasteiger partial charge in [-0.25, -0.2) is 17.6 Å². The van der Waals surface area contributed by atoms with Crippen molar-refractivity contribution in [3.05, 3.63) is 65.0 Å². The highest BCUT2D eigenvalue weighted by atomic mass is 32.2. The van der Waals surface area contributed by atoms with Gasteiger partial charge < -0.3 is 9.66 Å². The van der Waals surface area contributed by atoms with Crippen molar-refractivity contribution in [2.45, 2.75) is 44.1 Å². The number of nitrogens with zero attached hydrogens (tertiary/aromatic N) is 1. The molecule has 0 saturated heterocycles. The molecule has 0 amide bonds. The molecule has 0 fully saturated rings. The summed E-state index contributed by atoms with van der Waals surface area (Å²) in [5.41, 5.74) is -2.62. The van der Waals surface area contributed by atoms with Gasteiger partial charge in [0.25, 0.3) is 6.43 Å². The first-order chi connectivity index (χ1) is 12.5. The molecule has 0 saturated carbocycles. The van der Waals surface area contributed by atoms with E-state index in [2.05, 4.69) is 9.71 Å². The van der Waals surface area contributed by atoms with Crippen LogP contribution in [-0.4, -0.2) is 25.8 Å². The van der Waals surface area contributed by atoms with Crippen LogP contribution in [0.2, 0.25) is 0 Å². The molecule has 0 bridgehead atoms. The first kappa shape index (κ1) is 21.6. The number of hydrogen-bond acceptors (Lipinski definition) is 4. The Kier molecular flexibility index (Phi) is 6.51. The van der Waals surface area contributed by atoms with Crippen LogP contribution in [0.1, 0.15) is 37.6 Å². The van der Waals surface area contributed by atoms with E-state index in [1.807, 2.05) is 0 Å². The first-order valence-electron chi connectivity index (χ1n) is 8.02. The van der Waals surface area contributed by atoms with E-state index in [9.17, 15) is 22.1 Å². The van der Waals surface area contributed by atoms with Gasteiger partial charge in [0, 0.05) is 17.6 Å². The number of halogens is 4. The predicted molar refractivity (Wildman–Crippen MR) is 94.3 cm³/mol. The van der Waals surface area contributed by atoms with Crippen molar-refractivity contribution in [3.63, 3.8) is 0 Å².